The number of nitrogen functional groups attached to an aromatic ring is 1. The van der Waals surface area contributed by atoms with Gasteiger partial charge in [-0.15, -0.1) is 0 Å². The Kier molecular flexibility index (Phi) is 3.90. The molecule has 1 saturated heterocycles. The van der Waals surface area contributed by atoms with E-state index in [2.05, 4.69) is 11.9 Å². The van der Waals surface area contributed by atoms with Crippen LogP contribution in [-0.4, -0.2) is 43.0 Å². The van der Waals surface area contributed by atoms with Gasteiger partial charge >= 0.3 is 5.69 Å². The molecule has 1 aliphatic rings. The van der Waals surface area contributed by atoms with Crippen molar-refractivity contribution < 1.29 is 4.92 Å². The molecule has 19 heavy (non-hydrogen) atoms. The van der Waals surface area contributed by atoms with E-state index < -0.39 is 4.92 Å². The summed E-state index contributed by atoms with van der Waals surface area (Å²) >= 11 is 0. The average molecular weight is 264 g/mol. The van der Waals surface area contributed by atoms with Gasteiger partial charge < -0.3 is 15.5 Å². The standard InChI is InChI=1S/C13H20N4O2/c1-15-8-6-10(7-9-15)16(2)12-5-3-4-11(14)13(12)17(18)19/h3-5,10H,6-9,14H2,1-2H3. The number of anilines is 2. The molecule has 2 N–H and O–H groups in total. The summed E-state index contributed by atoms with van der Waals surface area (Å²) in [4.78, 5) is 15.1. The summed E-state index contributed by atoms with van der Waals surface area (Å²) in [6.07, 6.45) is 2.03. The zero-order valence-electron chi connectivity index (χ0n) is 11.4. The van der Waals surface area contributed by atoms with E-state index in [1.807, 2.05) is 11.9 Å². The van der Waals surface area contributed by atoms with Gasteiger partial charge in [-0.05, 0) is 45.1 Å². The van der Waals surface area contributed by atoms with E-state index in [1.165, 1.54) is 0 Å². The van der Waals surface area contributed by atoms with Crippen molar-refractivity contribution in [2.75, 3.05) is 37.8 Å². The highest BCUT2D eigenvalue weighted by molar-refractivity contribution is 5.75. The predicted molar refractivity (Wildman–Crippen MR) is 76.4 cm³/mol. The Morgan fingerprint density at radius 1 is 1.42 bits per heavy atom. The second kappa shape index (κ2) is 5.44. The molecule has 104 valence electrons. The average Bonchev–Trinajstić information content (AvgIpc) is 2.38. The summed E-state index contributed by atoms with van der Waals surface area (Å²) in [5.41, 5.74) is 6.59. The first-order chi connectivity index (χ1) is 9.00. The number of hydrogen-bond acceptors (Lipinski definition) is 5. The van der Waals surface area contributed by atoms with Crippen LogP contribution in [0.5, 0.6) is 0 Å². The van der Waals surface area contributed by atoms with Crippen molar-refractivity contribution in [1.29, 1.82) is 0 Å². The molecule has 6 nitrogen and oxygen atoms in total. The molecule has 1 heterocycles. The molecule has 1 aromatic rings. The van der Waals surface area contributed by atoms with Crippen LogP contribution in [0.3, 0.4) is 0 Å². The lowest BCUT2D eigenvalue weighted by Crippen LogP contribution is -2.42. The molecule has 0 bridgehead atoms. The van der Waals surface area contributed by atoms with Gasteiger partial charge in [0, 0.05) is 13.1 Å². The second-order valence-electron chi connectivity index (χ2n) is 5.12. The highest BCUT2D eigenvalue weighted by Crippen LogP contribution is 2.35. The minimum atomic E-state index is -0.393. The molecule has 0 radical (unpaired) electrons. The van der Waals surface area contributed by atoms with Gasteiger partial charge in [0.05, 0.1) is 4.92 Å². The van der Waals surface area contributed by atoms with Gasteiger partial charge in [-0.2, -0.15) is 0 Å². The van der Waals surface area contributed by atoms with Crippen molar-refractivity contribution in [3.8, 4) is 0 Å². The maximum Gasteiger partial charge on any atom is 0.315 e. The molecular formula is C13H20N4O2. The Labute approximate surface area is 112 Å². The molecule has 0 amide bonds. The maximum absolute atomic E-state index is 11.2. The molecule has 0 aromatic heterocycles. The van der Waals surface area contributed by atoms with E-state index in [0.29, 0.717) is 11.7 Å². The molecule has 1 aromatic carbocycles. The van der Waals surface area contributed by atoms with Gasteiger partial charge in [0.2, 0.25) is 0 Å². The summed E-state index contributed by atoms with van der Waals surface area (Å²) in [6, 6.07) is 5.44. The van der Waals surface area contributed by atoms with E-state index in [9.17, 15) is 10.1 Å². The van der Waals surface area contributed by atoms with Crippen molar-refractivity contribution in [3.63, 3.8) is 0 Å². The molecular weight excluding hydrogens is 244 g/mol. The Bertz CT molecular complexity index is 470. The Morgan fingerprint density at radius 2 is 2.05 bits per heavy atom. The van der Waals surface area contributed by atoms with E-state index in [4.69, 9.17) is 5.73 Å². The van der Waals surface area contributed by atoms with Crippen LogP contribution < -0.4 is 10.6 Å². The Balaban J connectivity index is 2.26. The van der Waals surface area contributed by atoms with Crippen molar-refractivity contribution >= 4 is 17.1 Å². The van der Waals surface area contributed by atoms with E-state index in [1.54, 1.807) is 18.2 Å². The second-order valence-corrected chi connectivity index (χ2v) is 5.12. The third kappa shape index (κ3) is 2.78. The van der Waals surface area contributed by atoms with Gasteiger partial charge in [-0.25, -0.2) is 0 Å². The van der Waals surface area contributed by atoms with Crippen molar-refractivity contribution in [1.82, 2.24) is 4.90 Å². The number of para-hydroxylation sites is 1. The largest absolute Gasteiger partial charge is 0.393 e. The first-order valence-corrected chi connectivity index (χ1v) is 6.45. The third-order valence-electron chi connectivity index (χ3n) is 3.84. The number of nitro benzene ring substituents is 1. The van der Waals surface area contributed by atoms with Crippen LogP contribution in [0.4, 0.5) is 17.1 Å². The van der Waals surface area contributed by atoms with Gasteiger partial charge in [-0.1, -0.05) is 6.07 Å². The van der Waals surface area contributed by atoms with Gasteiger partial charge in [0.25, 0.3) is 0 Å². The zero-order valence-corrected chi connectivity index (χ0v) is 11.4. The van der Waals surface area contributed by atoms with E-state index in [-0.39, 0.29) is 11.4 Å². The third-order valence-corrected chi connectivity index (χ3v) is 3.84. The van der Waals surface area contributed by atoms with Crippen LogP contribution in [0.25, 0.3) is 0 Å². The summed E-state index contributed by atoms with van der Waals surface area (Å²) in [5.74, 6) is 0. The topological polar surface area (TPSA) is 75.6 Å². The number of piperidine rings is 1. The van der Waals surface area contributed by atoms with Crippen molar-refractivity contribution in [2.24, 2.45) is 0 Å². The van der Waals surface area contributed by atoms with Crippen LogP contribution in [0.1, 0.15) is 12.8 Å². The van der Waals surface area contributed by atoms with Crippen LogP contribution in [-0.2, 0) is 0 Å². The molecule has 2 rings (SSSR count). The first kappa shape index (κ1) is 13.6. The predicted octanol–water partition coefficient (Wildman–Crippen LogP) is 1.71. The van der Waals surface area contributed by atoms with Gasteiger partial charge in [0.1, 0.15) is 11.4 Å². The summed E-state index contributed by atoms with van der Waals surface area (Å²) in [7, 11) is 4.01. The molecule has 0 aliphatic carbocycles. The number of nitrogens with zero attached hydrogens (tertiary/aromatic N) is 3. The number of rotatable bonds is 3. The van der Waals surface area contributed by atoms with E-state index in [0.717, 1.165) is 25.9 Å². The first-order valence-electron chi connectivity index (χ1n) is 6.45. The SMILES string of the molecule is CN1CCC(N(C)c2cccc(N)c2[N+](=O)[O-])CC1. The lowest BCUT2D eigenvalue weighted by molar-refractivity contribution is -0.383. The fourth-order valence-corrected chi connectivity index (χ4v) is 2.61. The number of nitrogens with two attached hydrogens (primary N) is 1. The van der Waals surface area contributed by atoms with Gasteiger partial charge in [-0.3, -0.25) is 10.1 Å². The Morgan fingerprint density at radius 3 is 2.63 bits per heavy atom. The number of benzene rings is 1. The van der Waals surface area contributed by atoms with E-state index >= 15 is 0 Å². The Hall–Kier alpha value is -1.82. The lowest BCUT2D eigenvalue weighted by Gasteiger charge is -2.36. The normalized spacial score (nSPS) is 17.4. The molecule has 1 fully saturated rings. The smallest absolute Gasteiger partial charge is 0.315 e. The van der Waals surface area contributed by atoms with Crippen LogP contribution >= 0.6 is 0 Å². The van der Waals surface area contributed by atoms with Gasteiger partial charge in [0.15, 0.2) is 0 Å². The van der Waals surface area contributed by atoms with Crippen LogP contribution in [0.2, 0.25) is 0 Å². The van der Waals surface area contributed by atoms with Crippen molar-refractivity contribution in [2.45, 2.75) is 18.9 Å². The molecule has 0 unspecified atom stereocenters. The molecule has 6 heteroatoms. The fourth-order valence-electron chi connectivity index (χ4n) is 2.61. The minimum absolute atomic E-state index is 0.0175. The molecule has 0 spiro atoms. The number of likely N-dealkylation sites (tertiary alicyclic amines) is 1. The maximum atomic E-state index is 11.2. The summed E-state index contributed by atoms with van der Waals surface area (Å²) in [5, 5.41) is 11.2. The lowest BCUT2D eigenvalue weighted by atomic mass is 10.0. The number of hydrogen-bond donors (Lipinski definition) is 1. The monoisotopic (exact) mass is 264 g/mol. The zero-order chi connectivity index (χ0) is 14.0. The summed E-state index contributed by atoms with van der Waals surface area (Å²) < 4.78 is 0. The molecule has 0 saturated carbocycles. The quantitative estimate of drug-likeness (QED) is 0.511. The highest BCUT2D eigenvalue weighted by Gasteiger charge is 2.27. The number of nitro groups is 1. The van der Waals surface area contributed by atoms with Crippen molar-refractivity contribution in [3.05, 3.63) is 28.3 Å². The fraction of sp³-hybridized carbons (Fsp3) is 0.538. The van der Waals surface area contributed by atoms with Crippen LogP contribution in [0, 0.1) is 10.1 Å². The molecule has 1 aliphatic heterocycles. The summed E-state index contributed by atoms with van der Waals surface area (Å²) in [6.45, 7) is 2.04. The van der Waals surface area contributed by atoms with Crippen LogP contribution in [0.15, 0.2) is 18.2 Å². The molecule has 0 atom stereocenters. The minimum Gasteiger partial charge on any atom is -0.393 e. The highest BCUT2D eigenvalue weighted by atomic mass is 16.6.